The molecule has 0 amide bonds. The van der Waals surface area contributed by atoms with Gasteiger partial charge >= 0.3 is 0 Å². The van der Waals surface area contributed by atoms with E-state index in [0.29, 0.717) is 9.32 Å². The molecule has 0 saturated carbocycles. The van der Waals surface area contributed by atoms with E-state index in [2.05, 4.69) is 23.7 Å². The maximum atomic E-state index is 13.7. The molecule has 128 valence electrons. The minimum absolute atomic E-state index is 0.275. The smallest absolute Gasteiger partial charge is 0.140 e. The van der Waals surface area contributed by atoms with Crippen LogP contribution in [0.5, 0.6) is 11.5 Å². The minimum Gasteiger partial charge on any atom is -0.457 e. The Hall–Kier alpha value is -1.63. The summed E-state index contributed by atoms with van der Waals surface area (Å²) in [6, 6.07) is 8.82. The van der Waals surface area contributed by atoms with Crippen LogP contribution in [0.4, 0.5) is 10.1 Å². The molecule has 0 unspecified atom stereocenters. The minimum atomic E-state index is -0.275. The fourth-order valence-corrected chi connectivity index (χ4v) is 2.56. The van der Waals surface area contributed by atoms with E-state index in [0.717, 1.165) is 35.7 Å². The van der Waals surface area contributed by atoms with Gasteiger partial charge in [0.15, 0.2) is 0 Å². The van der Waals surface area contributed by atoms with Crippen LogP contribution in [-0.4, -0.2) is 24.3 Å². The first-order chi connectivity index (χ1) is 11.4. The molecule has 0 aromatic heterocycles. The van der Waals surface area contributed by atoms with E-state index in [1.807, 2.05) is 54.9 Å². The number of halogens is 2. The van der Waals surface area contributed by atoms with Crippen LogP contribution in [0.2, 0.25) is 0 Å². The summed E-state index contributed by atoms with van der Waals surface area (Å²) in [7, 11) is 0. The average molecular weight is 440 g/mol. The van der Waals surface area contributed by atoms with Crippen molar-refractivity contribution in [2.24, 2.45) is 4.99 Å². The highest BCUT2D eigenvalue weighted by molar-refractivity contribution is 14.1. The second-order valence-corrected chi connectivity index (χ2v) is 6.71. The number of aryl methyl sites for hydroxylation is 2. The van der Waals surface area contributed by atoms with Crippen LogP contribution in [-0.2, 0) is 0 Å². The van der Waals surface area contributed by atoms with Gasteiger partial charge in [-0.1, -0.05) is 0 Å². The van der Waals surface area contributed by atoms with Gasteiger partial charge < -0.3 is 9.64 Å². The molecule has 2 aromatic carbocycles. The van der Waals surface area contributed by atoms with E-state index >= 15 is 0 Å². The number of hydrogen-bond acceptors (Lipinski definition) is 2. The van der Waals surface area contributed by atoms with Crippen molar-refractivity contribution in [2.75, 3.05) is 13.1 Å². The van der Waals surface area contributed by atoms with Crippen LogP contribution in [0.1, 0.15) is 25.0 Å². The zero-order valence-corrected chi connectivity index (χ0v) is 16.6. The zero-order valence-electron chi connectivity index (χ0n) is 14.4. The number of rotatable bonds is 6. The number of benzene rings is 2. The van der Waals surface area contributed by atoms with Gasteiger partial charge in [-0.3, -0.25) is 0 Å². The van der Waals surface area contributed by atoms with E-state index in [9.17, 15) is 4.39 Å². The Morgan fingerprint density at radius 3 is 2.46 bits per heavy atom. The molecule has 0 spiro atoms. The Labute approximate surface area is 156 Å². The maximum absolute atomic E-state index is 13.7. The molecule has 0 bridgehead atoms. The van der Waals surface area contributed by atoms with E-state index in [-0.39, 0.29) is 5.82 Å². The molecule has 5 heteroatoms. The van der Waals surface area contributed by atoms with Crippen LogP contribution in [0.25, 0.3) is 0 Å². The molecule has 0 radical (unpaired) electrons. The Morgan fingerprint density at radius 1 is 1.12 bits per heavy atom. The molecule has 0 aliphatic rings. The number of aliphatic imine (C=N–C) groups is 1. The standard InChI is InChI=1S/C19H22FIN2O/c1-5-23(6-2)12-22-18-9-14(4)19(10-13(18)3)24-15-7-8-17(21)16(20)11-15/h7-12H,5-6H2,1-4H3. The molecule has 3 nitrogen and oxygen atoms in total. The highest BCUT2D eigenvalue weighted by atomic mass is 127. The quantitative estimate of drug-likeness (QED) is 0.320. The summed E-state index contributed by atoms with van der Waals surface area (Å²) in [6.45, 7) is 10.0. The topological polar surface area (TPSA) is 24.8 Å². The van der Waals surface area contributed by atoms with Gasteiger partial charge in [-0.25, -0.2) is 9.38 Å². The van der Waals surface area contributed by atoms with Crippen LogP contribution in [0.15, 0.2) is 35.3 Å². The highest BCUT2D eigenvalue weighted by Crippen LogP contribution is 2.32. The lowest BCUT2D eigenvalue weighted by Gasteiger charge is -2.15. The Balaban J connectivity index is 2.24. The van der Waals surface area contributed by atoms with Gasteiger partial charge in [-0.2, -0.15) is 0 Å². The summed E-state index contributed by atoms with van der Waals surface area (Å²) in [4.78, 5) is 6.70. The summed E-state index contributed by atoms with van der Waals surface area (Å²) < 4.78 is 20.1. The maximum Gasteiger partial charge on any atom is 0.140 e. The predicted octanol–water partition coefficient (Wildman–Crippen LogP) is 5.84. The third kappa shape index (κ3) is 4.69. The Bertz CT molecular complexity index is 742. The van der Waals surface area contributed by atoms with Crippen molar-refractivity contribution >= 4 is 34.6 Å². The van der Waals surface area contributed by atoms with Gasteiger partial charge in [0.1, 0.15) is 17.3 Å². The molecule has 24 heavy (non-hydrogen) atoms. The molecule has 2 rings (SSSR count). The van der Waals surface area contributed by atoms with Crippen molar-refractivity contribution in [2.45, 2.75) is 27.7 Å². The number of nitrogens with zero attached hydrogens (tertiary/aromatic N) is 2. The zero-order chi connectivity index (χ0) is 17.7. The summed E-state index contributed by atoms with van der Waals surface area (Å²) in [6.07, 6.45) is 1.87. The van der Waals surface area contributed by atoms with Crippen molar-refractivity contribution in [3.05, 3.63) is 50.8 Å². The van der Waals surface area contributed by atoms with Gasteiger partial charge in [-0.05, 0) is 85.7 Å². The van der Waals surface area contributed by atoms with E-state index in [1.54, 1.807) is 12.1 Å². The molecule has 0 aliphatic carbocycles. The molecule has 0 saturated heterocycles. The van der Waals surface area contributed by atoms with Crippen LogP contribution >= 0.6 is 22.6 Å². The Kier molecular flexibility index (Phi) is 6.60. The first kappa shape index (κ1) is 18.7. The lowest BCUT2D eigenvalue weighted by molar-refractivity contribution is 0.472. The lowest BCUT2D eigenvalue weighted by Crippen LogP contribution is -2.20. The van der Waals surface area contributed by atoms with E-state index in [4.69, 9.17) is 4.74 Å². The predicted molar refractivity (Wildman–Crippen MR) is 106 cm³/mol. The van der Waals surface area contributed by atoms with Gasteiger partial charge in [0.25, 0.3) is 0 Å². The molecule has 0 aliphatic heterocycles. The van der Waals surface area contributed by atoms with Gasteiger partial charge in [-0.15, -0.1) is 0 Å². The van der Waals surface area contributed by atoms with Crippen molar-refractivity contribution in [3.8, 4) is 11.5 Å². The van der Waals surface area contributed by atoms with E-state index < -0.39 is 0 Å². The highest BCUT2D eigenvalue weighted by Gasteiger charge is 2.08. The third-order valence-electron chi connectivity index (χ3n) is 3.78. The molecule has 0 heterocycles. The molecular weight excluding hydrogens is 418 g/mol. The SMILES string of the molecule is CCN(C=Nc1cc(C)c(Oc2ccc(I)c(F)c2)cc1C)CC. The van der Waals surface area contributed by atoms with Gasteiger partial charge in [0.05, 0.1) is 12.0 Å². The first-order valence-electron chi connectivity index (χ1n) is 7.97. The van der Waals surface area contributed by atoms with Gasteiger partial charge in [0, 0.05) is 22.7 Å². The molecule has 2 aromatic rings. The second kappa shape index (κ2) is 8.46. The molecule has 0 N–H and O–H groups in total. The number of hydrogen-bond donors (Lipinski definition) is 0. The van der Waals surface area contributed by atoms with Gasteiger partial charge in [0.2, 0.25) is 0 Å². The van der Waals surface area contributed by atoms with E-state index in [1.165, 1.54) is 6.07 Å². The summed E-state index contributed by atoms with van der Waals surface area (Å²) >= 11 is 1.96. The summed E-state index contributed by atoms with van der Waals surface area (Å²) in [5.41, 5.74) is 2.90. The summed E-state index contributed by atoms with van der Waals surface area (Å²) in [5.74, 6) is 0.938. The Morgan fingerprint density at radius 2 is 1.83 bits per heavy atom. The van der Waals surface area contributed by atoms with Crippen LogP contribution < -0.4 is 4.74 Å². The van der Waals surface area contributed by atoms with Crippen LogP contribution in [0, 0.1) is 23.2 Å². The first-order valence-corrected chi connectivity index (χ1v) is 9.04. The average Bonchev–Trinajstić information content (AvgIpc) is 2.56. The molecule has 0 fully saturated rings. The largest absolute Gasteiger partial charge is 0.457 e. The fraction of sp³-hybridized carbons (Fsp3) is 0.316. The monoisotopic (exact) mass is 440 g/mol. The van der Waals surface area contributed by atoms with Crippen molar-refractivity contribution < 1.29 is 9.13 Å². The fourth-order valence-electron chi connectivity index (χ4n) is 2.22. The normalized spacial score (nSPS) is 11.1. The number of ether oxygens (including phenoxy) is 1. The van der Waals surface area contributed by atoms with Crippen molar-refractivity contribution in [1.29, 1.82) is 0 Å². The van der Waals surface area contributed by atoms with Crippen molar-refractivity contribution in [3.63, 3.8) is 0 Å². The molecular formula is C19H22FIN2O. The van der Waals surface area contributed by atoms with Crippen LogP contribution in [0.3, 0.4) is 0 Å². The second-order valence-electron chi connectivity index (χ2n) is 5.55. The third-order valence-corrected chi connectivity index (χ3v) is 4.66. The summed E-state index contributed by atoms with van der Waals surface area (Å²) in [5, 5.41) is 0. The molecule has 0 atom stereocenters. The van der Waals surface area contributed by atoms with Crippen molar-refractivity contribution in [1.82, 2.24) is 4.90 Å². The lowest BCUT2D eigenvalue weighted by atomic mass is 10.1.